The van der Waals surface area contributed by atoms with E-state index < -0.39 is 5.60 Å². The molecule has 1 atom stereocenters. The van der Waals surface area contributed by atoms with Gasteiger partial charge in [-0.1, -0.05) is 0 Å². The molecule has 3 aliphatic heterocycles. The van der Waals surface area contributed by atoms with E-state index in [1.165, 1.54) is 10.7 Å². The third-order valence-electron chi connectivity index (χ3n) is 13.5. The predicted octanol–water partition coefficient (Wildman–Crippen LogP) is 5.28. The highest BCUT2D eigenvalue weighted by molar-refractivity contribution is 6.05. The maximum absolute atomic E-state index is 13.5. The van der Waals surface area contributed by atoms with Crippen LogP contribution in [0.1, 0.15) is 110 Å². The van der Waals surface area contributed by atoms with Crippen molar-refractivity contribution in [1.29, 1.82) is 5.26 Å². The molecule has 4 aromatic heterocycles. The fourth-order valence-corrected chi connectivity index (χ4v) is 10.1. The van der Waals surface area contributed by atoms with Crippen LogP contribution in [0.4, 0.5) is 11.4 Å². The zero-order valence-electron chi connectivity index (χ0n) is 35.3. The number of carbonyl (C=O) groups excluding carboxylic acids is 3. The fourth-order valence-electron chi connectivity index (χ4n) is 10.1. The second-order valence-electron chi connectivity index (χ2n) is 18.1. The smallest absolute Gasteiger partial charge is 0.274 e. The van der Waals surface area contributed by atoms with Gasteiger partial charge in [-0.25, -0.2) is 4.52 Å². The first-order valence-corrected chi connectivity index (χ1v) is 21.9. The lowest BCUT2D eigenvalue weighted by molar-refractivity contribution is -0.134. The second-order valence-corrected chi connectivity index (χ2v) is 18.1. The SMILES string of the molecule is Cc1nc(C2CCC(=O)NC2=O)ccc1N1CCC(N2CCN(C[C@H]3CC[C@H](n4cc5cc(NC(=O)c6ccc7cc(C#N)cnn67)c(C(C)(C)O)cc5n4)CC3)CC2)CC1. The van der Waals surface area contributed by atoms with Gasteiger partial charge in [0, 0.05) is 81.1 Å². The van der Waals surface area contributed by atoms with E-state index in [1.807, 2.05) is 25.1 Å². The van der Waals surface area contributed by atoms with Crippen LogP contribution in [0.15, 0.2) is 54.9 Å². The van der Waals surface area contributed by atoms with Crippen LogP contribution in [0.2, 0.25) is 0 Å². The van der Waals surface area contributed by atoms with Gasteiger partial charge in [0.1, 0.15) is 11.8 Å². The van der Waals surface area contributed by atoms with E-state index in [4.69, 9.17) is 10.1 Å². The number of carbonyl (C=O) groups is 3. The van der Waals surface area contributed by atoms with Crippen LogP contribution in [0, 0.1) is 24.2 Å². The standard InChI is InChI=1S/C46H55N11O4/c1-29-41(12-10-38(49-29)36-9-13-43(58)51-44(36)59)55-16-14-33(15-17-55)54-20-18-53(19-21-54)27-30-4-6-34(7-5-30)56-28-32-23-40(37(46(2,3)61)24-39(32)52-56)50-45(60)42-11-8-35-22-31(25-47)26-48-57(35)42/h8,10-12,22-24,26,28,30,33-34,36,61H,4-7,9,13-21,27H2,1-3H3,(H,50,60)(H,51,58,59)/t30-,34-,36?. The van der Waals surface area contributed by atoms with E-state index >= 15 is 0 Å². The van der Waals surface area contributed by atoms with Gasteiger partial charge in [0.15, 0.2) is 0 Å². The summed E-state index contributed by atoms with van der Waals surface area (Å²) in [5, 5.41) is 36.0. The number of aromatic nitrogens is 5. The molecule has 4 fully saturated rings. The van der Waals surface area contributed by atoms with E-state index in [1.54, 1.807) is 32.0 Å². The minimum atomic E-state index is -1.23. The van der Waals surface area contributed by atoms with Crippen LogP contribution in [0.3, 0.4) is 0 Å². The van der Waals surface area contributed by atoms with Gasteiger partial charge in [-0.3, -0.25) is 34.3 Å². The number of aryl methyl sites for hydroxylation is 1. The molecule has 7 heterocycles. The molecule has 4 aliphatic rings. The highest BCUT2D eigenvalue weighted by Crippen LogP contribution is 2.37. The number of nitrogens with one attached hydrogen (secondary N) is 2. The number of benzene rings is 1. The first-order chi connectivity index (χ1) is 29.4. The quantitative estimate of drug-likeness (QED) is 0.165. The summed E-state index contributed by atoms with van der Waals surface area (Å²) in [6.07, 6.45) is 11.1. The van der Waals surface area contributed by atoms with Crippen molar-refractivity contribution >= 4 is 45.5 Å². The van der Waals surface area contributed by atoms with Crippen LogP contribution < -0.4 is 15.5 Å². The van der Waals surface area contributed by atoms with Crippen molar-refractivity contribution in [2.24, 2.45) is 5.92 Å². The van der Waals surface area contributed by atoms with Gasteiger partial charge in [-0.2, -0.15) is 15.5 Å². The number of amides is 3. The monoisotopic (exact) mass is 825 g/mol. The van der Waals surface area contributed by atoms with Gasteiger partial charge < -0.3 is 20.2 Å². The number of imide groups is 1. The minimum absolute atomic E-state index is 0.203. The molecule has 1 saturated carbocycles. The summed E-state index contributed by atoms with van der Waals surface area (Å²) in [6.45, 7) is 13.0. The number of rotatable bonds is 9. The molecular formula is C46H55N11O4. The highest BCUT2D eigenvalue weighted by atomic mass is 16.3. The Bertz CT molecular complexity index is 2510. The molecule has 15 nitrogen and oxygen atoms in total. The summed E-state index contributed by atoms with van der Waals surface area (Å²) in [4.78, 5) is 50.2. The summed E-state index contributed by atoms with van der Waals surface area (Å²) in [7, 11) is 0. The molecule has 3 N–H and O–H groups in total. The lowest BCUT2D eigenvalue weighted by Gasteiger charge is -2.44. The van der Waals surface area contributed by atoms with E-state index in [0.29, 0.717) is 58.9 Å². The lowest BCUT2D eigenvalue weighted by Crippen LogP contribution is -2.54. The molecule has 15 heteroatoms. The first-order valence-electron chi connectivity index (χ1n) is 21.9. The number of pyridine rings is 1. The molecule has 1 aliphatic carbocycles. The summed E-state index contributed by atoms with van der Waals surface area (Å²) < 4.78 is 3.60. The van der Waals surface area contributed by atoms with Gasteiger partial charge in [0.05, 0.1) is 57.4 Å². The average Bonchev–Trinajstić information content (AvgIpc) is 3.88. The zero-order valence-corrected chi connectivity index (χ0v) is 35.3. The second kappa shape index (κ2) is 16.6. The number of piperidine rings is 2. The normalized spacial score (nSPS) is 22.4. The largest absolute Gasteiger partial charge is 0.386 e. The molecule has 318 valence electrons. The average molecular weight is 826 g/mol. The third kappa shape index (κ3) is 8.49. The summed E-state index contributed by atoms with van der Waals surface area (Å²) >= 11 is 0. The zero-order chi connectivity index (χ0) is 42.4. The van der Waals surface area contributed by atoms with Crippen LogP contribution in [0.25, 0.3) is 16.4 Å². The number of nitriles is 1. The number of fused-ring (bicyclic) bond motifs is 2. The minimum Gasteiger partial charge on any atom is -0.386 e. The topological polar surface area (TPSA) is 177 Å². The maximum Gasteiger partial charge on any atom is 0.274 e. The molecule has 5 aromatic rings. The Balaban J connectivity index is 0.753. The van der Waals surface area contributed by atoms with Gasteiger partial charge in [-0.05, 0) is 114 Å². The van der Waals surface area contributed by atoms with Gasteiger partial charge in [-0.15, -0.1) is 0 Å². The first kappa shape index (κ1) is 40.7. The van der Waals surface area contributed by atoms with Crippen molar-refractivity contribution in [2.75, 3.05) is 56.0 Å². The number of nitrogens with zero attached hydrogens (tertiary/aromatic N) is 9. The molecule has 0 radical (unpaired) electrons. The molecule has 3 amide bonds. The molecule has 1 unspecified atom stereocenters. The van der Waals surface area contributed by atoms with Crippen LogP contribution in [0.5, 0.6) is 0 Å². The number of hydrogen-bond donors (Lipinski definition) is 3. The Morgan fingerprint density at radius 1 is 0.951 bits per heavy atom. The Labute approximate surface area is 355 Å². The number of aliphatic hydroxyl groups is 1. The van der Waals surface area contributed by atoms with Gasteiger partial charge in [0.25, 0.3) is 5.91 Å². The molecule has 3 saturated heterocycles. The molecule has 9 rings (SSSR count). The predicted molar refractivity (Wildman–Crippen MR) is 231 cm³/mol. The Morgan fingerprint density at radius 2 is 1.72 bits per heavy atom. The van der Waals surface area contributed by atoms with Crippen molar-refractivity contribution in [3.05, 3.63) is 83.1 Å². The van der Waals surface area contributed by atoms with Crippen molar-refractivity contribution in [1.82, 2.24) is 39.5 Å². The van der Waals surface area contributed by atoms with Crippen LogP contribution in [-0.4, -0.2) is 109 Å². The molecule has 1 aromatic carbocycles. The van der Waals surface area contributed by atoms with E-state index in [-0.39, 0.29) is 23.6 Å². The van der Waals surface area contributed by atoms with E-state index in [9.17, 15) is 24.8 Å². The lowest BCUT2D eigenvalue weighted by atomic mass is 9.85. The highest BCUT2D eigenvalue weighted by Gasteiger charge is 2.33. The van der Waals surface area contributed by atoms with Gasteiger partial charge in [0.2, 0.25) is 11.8 Å². The fraction of sp³-hybridized carbons (Fsp3) is 0.500. The van der Waals surface area contributed by atoms with Crippen molar-refractivity contribution < 1.29 is 19.5 Å². The van der Waals surface area contributed by atoms with Crippen molar-refractivity contribution in [3.8, 4) is 6.07 Å². The molecule has 0 spiro atoms. The third-order valence-corrected chi connectivity index (χ3v) is 13.5. The summed E-state index contributed by atoms with van der Waals surface area (Å²) in [6, 6.07) is 16.0. The summed E-state index contributed by atoms with van der Waals surface area (Å²) in [5.74, 6) is -0.497. The summed E-state index contributed by atoms with van der Waals surface area (Å²) in [5.41, 5.74) is 4.89. The molecule has 61 heavy (non-hydrogen) atoms. The van der Waals surface area contributed by atoms with Crippen LogP contribution >= 0.6 is 0 Å². The van der Waals surface area contributed by atoms with Crippen molar-refractivity contribution in [2.45, 2.75) is 95.7 Å². The Hall–Kier alpha value is -5.69. The van der Waals surface area contributed by atoms with Crippen molar-refractivity contribution in [3.63, 3.8) is 0 Å². The van der Waals surface area contributed by atoms with Gasteiger partial charge >= 0.3 is 0 Å². The Kier molecular flexibility index (Phi) is 11.1. The van der Waals surface area contributed by atoms with E-state index in [2.05, 4.69) is 53.4 Å². The number of hydrogen-bond acceptors (Lipinski definition) is 11. The van der Waals surface area contributed by atoms with E-state index in [0.717, 1.165) is 112 Å². The number of piperazine rings is 1. The Morgan fingerprint density at radius 3 is 2.43 bits per heavy atom. The van der Waals surface area contributed by atoms with Crippen LogP contribution in [-0.2, 0) is 15.2 Å². The molecular weight excluding hydrogens is 771 g/mol. The maximum atomic E-state index is 13.5. The number of anilines is 2. The molecule has 0 bridgehead atoms.